The summed E-state index contributed by atoms with van der Waals surface area (Å²) >= 11 is 5.90. The van der Waals surface area contributed by atoms with Crippen molar-refractivity contribution in [2.45, 2.75) is 32.8 Å². The van der Waals surface area contributed by atoms with Crippen LogP contribution in [0.25, 0.3) is 0 Å². The summed E-state index contributed by atoms with van der Waals surface area (Å²) in [5.41, 5.74) is 2.45. The quantitative estimate of drug-likeness (QED) is 0.650. The van der Waals surface area contributed by atoms with Crippen molar-refractivity contribution in [1.29, 1.82) is 0 Å². The van der Waals surface area contributed by atoms with Gasteiger partial charge in [0.05, 0.1) is 5.71 Å². The molecule has 0 atom stereocenters. The van der Waals surface area contributed by atoms with E-state index in [9.17, 15) is 9.90 Å². The number of hydrogen-bond acceptors (Lipinski definition) is 3. The van der Waals surface area contributed by atoms with E-state index in [1.54, 1.807) is 12.1 Å². The molecular formula is C13H17ClN2O2. The lowest BCUT2D eigenvalue weighted by Crippen LogP contribution is -2.40. The molecule has 0 aromatic heterocycles. The van der Waals surface area contributed by atoms with E-state index in [1.807, 2.05) is 19.1 Å². The van der Waals surface area contributed by atoms with Gasteiger partial charge in [0.15, 0.2) is 0 Å². The Morgan fingerprint density at radius 2 is 2.17 bits per heavy atom. The van der Waals surface area contributed by atoms with Gasteiger partial charge in [-0.1, -0.05) is 30.7 Å². The highest BCUT2D eigenvalue weighted by Crippen LogP contribution is 2.12. The zero-order valence-electron chi connectivity index (χ0n) is 10.7. The van der Waals surface area contributed by atoms with E-state index >= 15 is 0 Å². The van der Waals surface area contributed by atoms with Crippen molar-refractivity contribution < 1.29 is 9.90 Å². The molecule has 1 aromatic rings. The van der Waals surface area contributed by atoms with Crippen LogP contribution in [-0.4, -0.2) is 22.3 Å². The molecule has 0 aliphatic rings. The number of amides is 1. The van der Waals surface area contributed by atoms with Gasteiger partial charge in [-0.2, -0.15) is 5.10 Å². The first-order chi connectivity index (χ1) is 8.34. The van der Waals surface area contributed by atoms with E-state index in [0.717, 1.165) is 5.56 Å². The van der Waals surface area contributed by atoms with Gasteiger partial charge in [0.1, 0.15) is 5.60 Å². The Morgan fingerprint density at radius 1 is 1.50 bits per heavy atom. The van der Waals surface area contributed by atoms with Crippen molar-refractivity contribution >= 4 is 23.2 Å². The number of benzene rings is 1. The number of halogens is 1. The Morgan fingerprint density at radius 3 is 2.67 bits per heavy atom. The topological polar surface area (TPSA) is 61.7 Å². The summed E-state index contributed by atoms with van der Waals surface area (Å²) in [4.78, 5) is 11.5. The molecule has 0 bridgehead atoms. The minimum atomic E-state index is -1.45. The summed E-state index contributed by atoms with van der Waals surface area (Å²) < 4.78 is 0. The summed E-state index contributed by atoms with van der Waals surface area (Å²) in [6.45, 7) is 4.74. The van der Waals surface area contributed by atoms with E-state index in [4.69, 9.17) is 11.6 Å². The molecule has 0 saturated carbocycles. The number of nitrogens with one attached hydrogen (secondary N) is 1. The van der Waals surface area contributed by atoms with Crippen LogP contribution in [0, 0.1) is 0 Å². The lowest BCUT2D eigenvalue weighted by molar-refractivity contribution is -0.136. The van der Waals surface area contributed by atoms with Gasteiger partial charge in [-0.05, 0) is 38.0 Å². The Balaban J connectivity index is 2.88. The van der Waals surface area contributed by atoms with Crippen molar-refractivity contribution in [1.82, 2.24) is 5.43 Å². The molecule has 0 aliphatic heterocycles. The van der Waals surface area contributed by atoms with E-state index in [2.05, 4.69) is 10.5 Å². The predicted molar refractivity (Wildman–Crippen MR) is 72.7 cm³/mol. The molecule has 0 radical (unpaired) electrons. The Labute approximate surface area is 112 Å². The number of carbonyl (C=O) groups is 1. The Hall–Kier alpha value is -1.39. The minimum absolute atomic E-state index is 0.546. The zero-order chi connectivity index (χ0) is 13.8. The van der Waals surface area contributed by atoms with Crippen LogP contribution < -0.4 is 5.43 Å². The van der Waals surface area contributed by atoms with Gasteiger partial charge in [0.2, 0.25) is 0 Å². The standard InChI is InChI=1S/C13H17ClN2O2/c1-4-11(9-6-5-7-10(14)8-9)15-16-12(17)13(2,3)18/h5-8,18H,4H2,1-3H3,(H,16,17)/b15-11+. The van der Waals surface area contributed by atoms with Crippen molar-refractivity contribution in [3.05, 3.63) is 34.9 Å². The highest BCUT2D eigenvalue weighted by molar-refractivity contribution is 6.31. The van der Waals surface area contributed by atoms with Gasteiger partial charge in [-0.3, -0.25) is 4.79 Å². The molecule has 4 nitrogen and oxygen atoms in total. The highest BCUT2D eigenvalue weighted by atomic mass is 35.5. The third-order valence-corrected chi connectivity index (χ3v) is 2.58. The number of carbonyl (C=O) groups excluding carboxylic acids is 1. The zero-order valence-corrected chi connectivity index (χ0v) is 11.5. The fourth-order valence-electron chi connectivity index (χ4n) is 1.27. The predicted octanol–water partition coefficient (Wildman–Crippen LogP) is 2.34. The molecule has 2 N–H and O–H groups in total. The average molecular weight is 269 g/mol. The van der Waals surface area contributed by atoms with Crippen LogP contribution in [0.3, 0.4) is 0 Å². The van der Waals surface area contributed by atoms with Crippen LogP contribution in [-0.2, 0) is 4.79 Å². The van der Waals surface area contributed by atoms with E-state index < -0.39 is 11.5 Å². The SMILES string of the molecule is CC/C(=N\NC(=O)C(C)(C)O)c1cccc(Cl)c1. The molecular weight excluding hydrogens is 252 g/mol. The van der Waals surface area contributed by atoms with Crippen LogP contribution in [0.2, 0.25) is 5.02 Å². The maximum absolute atomic E-state index is 11.5. The average Bonchev–Trinajstić information content (AvgIpc) is 2.28. The molecule has 0 unspecified atom stereocenters. The Bertz CT molecular complexity index is 464. The maximum Gasteiger partial charge on any atom is 0.271 e. The fourth-order valence-corrected chi connectivity index (χ4v) is 1.46. The molecule has 1 amide bonds. The van der Waals surface area contributed by atoms with Gasteiger partial charge in [-0.15, -0.1) is 0 Å². The smallest absolute Gasteiger partial charge is 0.271 e. The van der Waals surface area contributed by atoms with Crippen LogP contribution in [0.15, 0.2) is 29.4 Å². The van der Waals surface area contributed by atoms with E-state index in [1.165, 1.54) is 13.8 Å². The minimum Gasteiger partial charge on any atom is -0.381 e. The summed E-state index contributed by atoms with van der Waals surface area (Å²) in [6.07, 6.45) is 0.645. The van der Waals surface area contributed by atoms with Crippen LogP contribution in [0.4, 0.5) is 0 Å². The molecule has 0 spiro atoms. The second-order valence-electron chi connectivity index (χ2n) is 4.42. The van der Waals surface area contributed by atoms with Gasteiger partial charge in [0.25, 0.3) is 5.91 Å². The second-order valence-corrected chi connectivity index (χ2v) is 4.86. The van der Waals surface area contributed by atoms with Crippen LogP contribution in [0.1, 0.15) is 32.8 Å². The third kappa shape index (κ3) is 4.13. The van der Waals surface area contributed by atoms with E-state index in [-0.39, 0.29) is 0 Å². The van der Waals surface area contributed by atoms with Crippen molar-refractivity contribution in [2.75, 3.05) is 0 Å². The molecule has 0 aliphatic carbocycles. The first-order valence-electron chi connectivity index (χ1n) is 5.70. The largest absolute Gasteiger partial charge is 0.381 e. The number of rotatable bonds is 4. The lowest BCUT2D eigenvalue weighted by Gasteiger charge is -2.14. The lowest BCUT2D eigenvalue weighted by atomic mass is 10.1. The summed E-state index contributed by atoms with van der Waals surface area (Å²) in [5, 5.41) is 14.1. The summed E-state index contributed by atoms with van der Waals surface area (Å²) in [7, 11) is 0. The number of nitrogens with zero attached hydrogens (tertiary/aromatic N) is 1. The molecule has 0 fully saturated rings. The molecule has 18 heavy (non-hydrogen) atoms. The van der Waals surface area contributed by atoms with Crippen molar-refractivity contribution in [2.24, 2.45) is 5.10 Å². The summed E-state index contributed by atoms with van der Waals surface area (Å²) in [6, 6.07) is 7.24. The van der Waals surface area contributed by atoms with Gasteiger partial charge in [-0.25, -0.2) is 5.43 Å². The van der Waals surface area contributed by atoms with Gasteiger partial charge in [0, 0.05) is 5.02 Å². The number of hydrogen-bond donors (Lipinski definition) is 2. The normalized spacial score (nSPS) is 12.4. The van der Waals surface area contributed by atoms with Crippen molar-refractivity contribution in [3.63, 3.8) is 0 Å². The van der Waals surface area contributed by atoms with Gasteiger partial charge >= 0.3 is 0 Å². The fraction of sp³-hybridized carbons (Fsp3) is 0.385. The third-order valence-electron chi connectivity index (χ3n) is 2.34. The first kappa shape index (κ1) is 14.7. The number of hydrazone groups is 1. The molecule has 0 saturated heterocycles. The van der Waals surface area contributed by atoms with Crippen LogP contribution >= 0.6 is 11.6 Å². The molecule has 1 aromatic carbocycles. The molecule has 5 heteroatoms. The molecule has 98 valence electrons. The monoisotopic (exact) mass is 268 g/mol. The first-order valence-corrected chi connectivity index (χ1v) is 6.07. The second kappa shape index (κ2) is 5.98. The summed E-state index contributed by atoms with van der Waals surface area (Å²) in [5.74, 6) is -0.546. The highest BCUT2D eigenvalue weighted by Gasteiger charge is 2.23. The number of aliphatic hydroxyl groups is 1. The van der Waals surface area contributed by atoms with Crippen molar-refractivity contribution in [3.8, 4) is 0 Å². The van der Waals surface area contributed by atoms with Gasteiger partial charge < -0.3 is 5.11 Å². The maximum atomic E-state index is 11.5. The molecule has 1 rings (SSSR count). The van der Waals surface area contributed by atoms with Crippen LogP contribution in [0.5, 0.6) is 0 Å². The molecule has 0 heterocycles. The van der Waals surface area contributed by atoms with E-state index in [0.29, 0.717) is 17.2 Å². The Kier molecular flexibility index (Phi) is 4.87.